The van der Waals surface area contributed by atoms with Crippen molar-refractivity contribution in [3.63, 3.8) is 0 Å². The number of fused-ring (bicyclic) bond motifs is 7. The Hall–Kier alpha value is -1.58. The van der Waals surface area contributed by atoms with Crippen molar-refractivity contribution in [2.24, 2.45) is 0 Å². The third-order valence-corrected chi connectivity index (χ3v) is 6.32. The summed E-state index contributed by atoms with van der Waals surface area (Å²) in [4.78, 5) is 0. The molecule has 3 heteroatoms. The maximum absolute atomic E-state index is 6.31. The zero-order valence-electron chi connectivity index (χ0n) is 13.3. The van der Waals surface area contributed by atoms with Crippen molar-refractivity contribution in [2.45, 2.75) is 19.3 Å². The predicted molar refractivity (Wildman–Crippen MR) is 107 cm³/mol. The topological polar surface area (TPSA) is 13.1 Å². The van der Waals surface area contributed by atoms with E-state index in [-0.39, 0.29) is 5.41 Å². The average Bonchev–Trinajstić information content (AvgIpc) is 3.03. The van der Waals surface area contributed by atoms with Gasteiger partial charge in [-0.2, -0.15) is 0 Å². The van der Waals surface area contributed by atoms with E-state index in [2.05, 4.69) is 82.1 Å². The number of hydrogen-bond acceptors (Lipinski definition) is 1. The van der Waals surface area contributed by atoms with Crippen LogP contribution in [0.2, 0.25) is 0 Å². The van der Waals surface area contributed by atoms with Gasteiger partial charge in [0.2, 0.25) is 0 Å². The van der Waals surface area contributed by atoms with Crippen LogP contribution in [0.5, 0.6) is 0 Å². The first-order chi connectivity index (χ1) is 11.5. The summed E-state index contributed by atoms with van der Waals surface area (Å²) in [6, 6.07) is 17.1. The first kappa shape index (κ1) is 14.7. The lowest BCUT2D eigenvalue weighted by Gasteiger charge is -2.21. The summed E-state index contributed by atoms with van der Waals surface area (Å²) in [5.41, 5.74) is 7.02. The van der Waals surface area contributed by atoms with Crippen molar-refractivity contribution >= 4 is 53.8 Å². The Kier molecular flexibility index (Phi) is 2.91. The Balaban J connectivity index is 2.03. The predicted octanol–water partition coefficient (Wildman–Crippen LogP) is 7.42. The van der Waals surface area contributed by atoms with Crippen LogP contribution in [0.1, 0.15) is 25.0 Å². The Labute approximate surface area is 156 Å². The highest BCUT2D eigenvalue weighted by atomic mass is 79.9. The smallest absolute Gasteiger partial charge is 0.144 e. The van der Waals surface area contributed by atoms with E-state index in [9.17, 15) is 0 Å². The average molecular weight is 442 g/mol. The second-order valence-corrected chi connectivity index (χ2v) is 8.67. The fraction of sp³-hybridized carbons (Fsp3) is 0.143. The molecule has 0 spiro atoms. The van der Waals surface area contributed by atoms with Gasteiger partial charge in [-0.05, 0) is 41.0 Å². The molecule has 118 valence electrons. The zero-order chi connectivity index (χ0) is 16.6. The first-order valence-corrected chi connectivity index (χ1v) is 9.51. The number of hydrogen-bond donors (Lipinski definition) is 0. The molecular weight excluding hydrogens is 428 g/mol. The van der Waals surface area contributed by atoms with Crippen LogP contribution in [-0.2, 0) is 5.41 Å². The molecule has 0 fully saturated rings. The third-order valence-electron chi connectivity index (χ3n) is 5.20. The fourth-order valence-electron chi connectivity index (χ4n) is 4.01. The summed E-state index contributed by atoms with van der Waals surface area (Å²) in [6.07, 6.45) is 0. The number of rotatable bonds is 0. The van der Waals surface area contributed by atoms with Gasteiger partial charge in [0.15, 0.2) is 0 Å². The van der Waals surface area contributed by atoms with Crippen molar-refractivity contribution in [3.8, 4) is 11.1 Å². The summed E-state index contributed by atoms with van der Waals surface area (Å²) < 4.78 is 8.53. The molecule has 1 aliphatic rings. The molecular formula is C21H14Br2O. The van der Waals surface area contributed by atoms with Crippen LogP contribution < -0.4 is 0 Å². The minimum atomic E-state index is -0.0515. The molecule has 0 radical (unpaired) electrons. The molecule has 1 aromatic heterocycles. The number of benzene rings is 3. The minimum Gasteiger partial charge on any atom is -0.455 e. The maximum atomic E-state index is 6.31. The van der Waals surface area contributed by atoms with Gasteiger partial charge in [0.1, 0.15) is 11.2 Å². The maximum Gasteiger partial charge on any atom is 0.144 e. The van der Waals surface area contributed by atoms with E-state index in [0.29, 0.717) is 0 Å². The Morgan fingerprint density at radius 2 is 1.71 bits per heavy atom. The van der Waals surface area contributed by atoms with E-state index in [1.165, 1.54) is 22.3 Å². The molecule has 3 aromatic carbocycles. The van der Waals surface area contributed by atoms with Gasteiger partial charge < -0.3 is 4.42 Å². The molecule has 0 bridgehead atoms. The van der Waals surface area contributed by atoms with Crippen LogP contribution in [0.4, 0.5) is 0 Å². The molecule has 0 saturated carbocycles. The summed E-state index contributed by atoms with van der Waals surface area (Å²) in [7, 11) is 0. The molecule has 5 rings (SSSR count). The third kappa shape index (κ3) is 1.75. The molecule has 24 heavy (non-hydrogen) atoms. The Morgan fingerprint density at radius 1 is 0.917 bits per heavy atom. The van der Waals surface area contributed by atoms with Crippen LogP contribution in [0.15, 0.2) is 61.9 Å². The highest BCUT2D eigenvalue weighted by Crippen LogP contribution is 2.54. The molecule has 0 aliphatic heterocycles. The summed E-state index contributed by atoms with van der Waals surface area (Å²) in [6.45, 7) is 4.57. The molecule has 0 atom stereocenters. The Bertz CT molecular complexity index is 1150. The Morgan fingerprint density at radius 3 is 2.54 bits per heavy atom. The van der Waals surface area contributed by atoms with Gasteiger partial charge in [0.25, 0.3) is 0 Å². The van der Waals surface area contributed by atoms with Gasteiger partial charge in [0, 0.05) is 30.7 Å². The number of para-hydroxylation sites is 1. The van der Waals surface area contributed by atoms with E-state index >= 15 is 0 Å². The second-order valence-electron chi connectivity index (χ2n) is 6.90. The molecule has 0 saturated heterocycles. The van der Waals surface area contributed by atoms with Gasteiger partial charge in [-0.15, -0.1) is 0 Å². The summed E-state index contributed by atoms with van der Waals surface area (Å²) >= 11 is 7.41. The molecule has 1 nitrogen and oxygen atoms in total. The van der Waals surface area contributed by atoms with E-state index in [0.717, 1.165) is 30.9 Å². The number of halogens is 2. The molecule has 1 aliphatic carbocycles. The van der Waals surface area contributed by atoms with Gasteiger partial charge >= 0.3 is 0 Å². The van der Waals surface area contributed by atoms with Crippen molar-refractivity contribution in [1.29, 1.82) is 0 Å². The fourth-order valence-corrected chi connectivity index (χ4v) is 4.99. The monoisotopic (exact) mass is 440 g/mol. The van der Waals surface area contributed by atoms with Crippen molar-refractivity contribution in [3.05, 3.63) is 68.6 Å². The summed E-state index contributed by atoms with van der Waals surface area (Å²) in [5.74, 6) is 0. The highest BCUT2D eigenvalue weighted by Gasteiger charge is 2.38. The lowest BCUT2D eigenvalue weighted by molar-refractivity contribution is 0.652. The molecule has 0 N–H and O–H groups in total. The second kappa shape index (κ2) is 4.74. The molecule has 0 amide bonds. The molecule has 4 aromatic rings. The van der Waals surface area contributed by atoms with E-state index in [1.54, 1.807) is 0 Å². The number of furan rings is 1. The van der Waals surface area contributed by atoms with Gasteiger partial charge in [-0.1, -0.05) is 70.0 Å². The van der Waals surface area contributed by atoms with Gasteiger partial charge in [-0.3, -0.25) is 0 Å². The molecule has 1 heterocycles. The van der Waals surface area contributed by atoms with E-state index in [4.69, 9.17) is 4.42 Å². The van der Waals surface area contributed by atoms with Crippen molar-refractivity contribution < 1.29 is 4.42 Å². The van der Waals surface area contributed by atoms with Gasteiger partial charge in [0.05, 0.1) is 0 Å². The largest absolute Gasteiger partial charge is 0.455 e. The van der Waals surface area contributed by atoms with Crippen LogP contribution in [0, 0.1) is 0 Å². The van der Waals surface area contributed by atoms with Crippen molar-refractivity contribution in [1.82, 2.24) is 0 Å². The zero-order valence-corrected chi connectivity index (χ0v) is 16.5. The van der Waals surface area contributed by atoms with Crippen LogP contribution in [-0.4, -0.2) is 0 Å². The van der Waals surface area contributed by atoms with Crippen molar-refractivity contribution in [2.75, 3.05) is 0 Å². The SMILES string of the molecule is CC1(C)c2cc(Br)ccc2-c2c1cc(Br)c1c2oc2ccccc21. The van der Waals surface area contributed by atoms with E-state index in [1.807, 2.05) is 12.1 Å². The minimum absolute atomic E-state index is 0.0515. The normalized spacial score (nSPS) is 15.0. The van der Waals surface area contributed by atoms with Crippen LogP contribution in [0.3, 0.4) is 0 Å². The lowest BCUT2D eigenvalue weighted by Crippen LogP contribution is -2.15. The van der Waals surface area contributed by atoms with E-state index < -0.39 is 0 Å². The summed E-state index contributed by atoms with van der Waals surface area (Å²) in [5, 5.41) is 2.32. The van der Waals surface area contributed by atoms with Gasteiger partial charge in [-0.25, -0.2) is 0 Å². The quantitative estimate of drug-likeness (QED) is 0.276. The molecule has 0 unspecified atom stereocenters. The first-order valence-electron chi connectivity index (χ1n) is 7.93. The highest BCUT2D eigenvalue weighted by molar-refractivity contribution is 9.11. The standard InChI is InChI=1S/C21H14Br2O/c1-21(2)14-9-11(22)7-8-12(14)18-15(21)10-16(23)19-13-5-3-4-6-17(13)24-20(18)19/h3-10H,1-2H3. The van der Waals surface area contributed by atoms with Crippen LogP contribution in [0.25, 0.3) is 33.1 Å². The lowest BCUT2D eigenvalue weighted by atomic mass is 9.82. The van der Waals surface area contributed by atoms with Crippen LogP contribution >= 0.6 is 31.9 Å².